The van der Waals surface area contributed by atoms with Crippen LogP contribution in [0.4, 0.5) is 22.0 Å². The summed E-state index contributed by atoms with van der Waals surface area (Å²) >= 11 is 2.76. The van der Waals surface area contributed by atoms with E-state index >= 15 is 0 Å². The lowest BCUT2D eigenvalue weighted by atomic mass is 9.98. The van der Waals surface area contributed by atoms with E-state index in [2.05, 4.69) is 15.9 Å². The summed E-state index contributed by atoms with van der Waals surface area (Å²) in [7, 11) is 0. The fourth-order valence-corrected chi connectivity index (χ4v) is 1.84. The lowest BCUT2D eigenvalue weighted by Crippen LogP contribution is -2.13. The fraction of sp³-hybridized carbons (Fsp3) is 0.300. The number of ketones is 1. The molecular formula is C10H6BrF5O. The third-order valence-electron chi connectivity index (χ3n) is 2.05. The van der Waals surface area contributed by atoms with Gasteiger partial charge in [-0.3, -0.25) is 4.79 Å². The van der Waals surface area contributed by atoms with Gasteiger partial charge in [-0.2, -0.15) is 13.2 Å². The van der Waals surface area contributed by atoms with Gasteiger partial charge in [-0.25, -0.2) is 8.78 Å². The van der Waals surface area contributed by atoms with Crippen molar-refractivity contribution in [3.63, 3.8) is 0 Å². The molecule has 0 unspecified atom stereocenters. The molecule has 0 radical (unpaired) electrons. The lowest BCUT2D eigenvalue weighted by molar-refractivity contribution is -0.139. The van der Waals surface area contributed by atoms with Crippen LogP contribution in [0.15, 0.2) is 16.6 Å². The zero-order chi connectivity index (χ0) is 13.4. The normalized spacial score (nSPS) is 12.0. The van der Waals surface area contributed by atoms with Crippen molar-refractivity contribution in [2.75, 3.05) is 0 Å². The predicted molar refractivity (Wildman–Crippen MR) is 54.1 cm³/mol. The van der Waals surface area contributed by atoms with Crippen LogP contribution in [-0.2, 0) is 6.18 Å². The van der Waals surface area contributed by atoms with Crippen LogP contribution in [0.3, 0.4) is 0 Å². The molecule has 0 aliphatic carbocycles. The molecule has 0 bridgehead atoms. The fourth-order valence-electron chi connectivity index (χ4n) is 1.38. The summed E-state index contributed by atoms with van der Waals surface area (Å²) in [6.07, 6.45) is -8.29. The van der Waals surface area contributed by atoms with Gasteiger partial charge in [-0.1, -0.05) is 15.9 Å². The Balaban J connectivity index is 3.64. The average molecular weight is 317 g/mol. The van der Waals surface area contributed by atoms with Crippen LogP contribution in [0.1, 0.15) is 34.8 Å². The summed E-state index contributed by atoms with van der Waals surface area (Å²) < 4.78 is 62.9. The topological polar surface area (TPSA) is 17.1 Å². The number of halogens is 6. The van der Waals surface area contributed by atoms with E-state index < -0.39 is 35.1 Å². The second kappa shape index (κ2) is 4.72. The minimum absolute atomic E-state index is 0.0700. The Morgan fingerprint density at radius 3 is 2.18 bits per heavy atom. The summed E-state index contributed by atoms with van der Waals surface area (Å²) in [5.74, 6) is -0.841. The van der Waals surface area contributed by atoms with E-state index in [1.807, 2.05) is 0 Å². The Hall–Kier alpha value is -0.980. The summed E-state index contributed by atoms with van der Waals surface area (Å²) in [5.41, 5.74) is -3.39. The standard InChI is InChI=1S/C10H6BrF5O/c1-4(17)6-2-5(11)3-7(10(14,15)16)8(6)9(12)13/h2-3,9H,1H3. The van der Waals surface area contributed by atoms with Crippen LogP contribution in [0.5, 0.6) is 0 Å². The number of hydrogen-bond donors (Lipinski definition) is 0. The number of carbonyl (C=O) groups excluding carboxylic acids is 1. The number of hydrogen-bond acceptors (Lipinski definition) is 1. The number of Topliss-reactive ketones (excluding diaryl/α,β-unsaturated/α-hetero) is 1. The van der Waals surface area contributed by atoms with Gasteiger partial charge < -0.3 is 0 Å². The highest BCUT2D eigenvalue weighted by Gasteiger charge is 2.38. The highest BCUT2D eigenvalue weighted by molar-refractivity contribution is 9.10. The molecular weight excluding hydrogens is 311 g/mol. The van der Waals surface area contributed by atoms with Crippen LogP contribution in [0, 0.1) is 0 Å². The molecule has 1 rings (SSSR count). The molecule has 1 aromatic carbocycles. The van der Waals surface area contributed by atoms with Gasteiger partial charge in [-0.15, -0.1) is 0 Å². The minimum atomic E-state index is -4.93. The summed E-state index contributed by atoms with van der Waals surface area (Å²) in [6, 6.07) is 1.49. The molecule has 17 heavy (non-hydrogen) atoms. The first kappa shape index (κ1) is 14.1. The van der Waals surface area contributed by atoms with E-state index in [1.54, 1.807) is 0 Å². The molecule has 0 atom stereocenters. The number of benzene rings is 1. The van der Waals surface area contributed by atoms with E-state index in [9.17, 15) is 26.7 Å². The second-order valence-electron chi connectivity index (χ2n) is 3.27. The van der Waals surface area contributed by atoms with Gasteiger partial charge in [0.25, 0.3) is 6.43 Å². The minimum Gasteiger partial charge on any atom is -0.294 e. The monoisotopic (exact) mass is 316 g/mol. The van der Waals surface area contributed by atoms with Crippen molar-refractivity contribution in [2.24, 2.45) is 0 Å². The first-order valence-electron chi connectivity index (χ1n) is 4.34. The molecule has 0 fully saturated rings. The van der Waals surface area contributed by atoms with E-state index in [1.165, 1.54) is 0 Å². The van der Waals surface area contributed by atoms with Crippen molar-refractivity contribution in [1.29, 1.82) is 0 Å². The van der Waals surface area contributed by atoms with Crippen molar-refractivity contribution < 1.29 is 26.7 Å². The molecule has 0 heterocycles. The molecule has 0 N–H and O–H groups in total. The van der Waals surface area contributed by atoms with Crippen molar-refractivity contribution >= 4 is 21.7 Å². The SMILES string of the molecule is CC(=O)c1cc(Br)cc(C(F)(F)F)c1C(F)F. The van der Waals surface area contributed by atoms with Crippen LogP contribution in [0.25, 0.3) is 0 Å². The third-order valence-corrected chi connectivity index (χ3v) is 2.51. The van der Waals surface area contributed by atoms with Crippen LogP contribution >= 0.6 is 15.9 Å². The molecule has 0 aromatic heterocycles. The Bertz CT molecular complexity index is 453. The lowest BCUT2D eigenvalue weighted by Gasteiger charge is -2.15. The van der Waals surface area contributed by atoms with Crippen molar-refractivity contribution in [2.45, 2.75) is 19.5 Å². The first-order chi connectivity index (χ1) is 7.64. The zero-order valence-corrected chi connectivity index (χ0v) is 9.99. The Labute approximate surface area is 102 Å². The quantitative estimate of drug-likeness (QED) is 0.575. The van der Waals surface area contributed by atoms with Gasteiger partial charge in [0.05, 0.1) is 5.56 Å². The predicted octanol–water partition coefficient (Wildman–Crippen LogP) is 4.61. The largest absolute Gasteiger partial charge is 0.416 e. The Morgan fingerprint density at radius 2 is 1.82 bits per heavy atom. The molecule has 1 nitrogen and oxygen atoms in total. The third kappa shape index (κ3) is 3.02. The van der Waals surface area contributed by atoms with Gasteiger partial charge in [0, 0.05) is 15.6 Å². The smallest absolute Gasteiger partial charge is 0.294 e. The zero-order valence-electron chi connectivity index (χ0n) is 8.41. The summed E-state index contributed by atoms with van der Waals surface area (Å²) in [4.78, 5) is 11.1. The molecule has 94 valence electrons. The van der Waals surface area contributed by atoms with Crippen molar-refractivity contribution in [3.05, 3.63) is 33.3 Å². The van der Waals surface area contributed by atoms with Gasteiger partial charge in [-0.05, 0) is 19.1 Å². The van der Waals surface area contributed by atoms with E-state index in [-0.39, 0.29) is 4.47 Å². The molecule has 1 aromatic rings. The Kier molecular flexibility index (Phi) is 3.91. The van der Waals surface area contributed by atoms with Crippen LogP contribution < -0.4 is 0 Å². The van der Waals surface area contributed by atoms with Crippen LogP contribution in [-0.4, -0.2) is 5.78 Å². The maximum absolute atomic E-state index is 12.6. The highest BCUT2D eigenvalue weighted by atomic mass is 79.9. The maximum Gasteiger partial charge on any atom is 0.416 e. The summed E-state index contributed by atoms with van der Waals surface area (Å²) in [5, 5.41) is 0. The highest BCUT2D eigenvalue weighted by Crippen LogP contribution is 2.40. The van der Waals surface area contributed by atoms with E-state index in [0.717, 1.165) is 13.0 Å². The number of rotatable bonds is 2. The number of alkyl halides is 5. The molecule has 0 amide bonds. The molecule has 0 aliphatic rings. The van der Waals surface area contributed by atoms with Gasteiger partial charge in [0.15, 0.2) is 5.78 Å². The Morgan fingerprint density at radius 1 is 1.29 bits per heavy atom. The van der Waals surface area contributed by atoms with E-state index in [0.29, 0.717) is 6.07 Å². The average Bonchev–Trinajstić information content (AvgIpc) is 2.14. The van der Waals surface area contributed by atoms with Crippen molar-refractivity contribution in [3.8, 4) is 0 Å². The summed E-state index contributed by atoms with van der Waals surface area (Å²) in [6.45, 7) is 0.938. The van der Waals surface area contributed by atoms with Gasteiger partial charge >= 0.3 is 6.18 Å². The van der Waals surface area contributed by atoms with Gasteiger partial charge in [0.1, 0.15) is 0 Å². The molecule has 0 spiro atoms. The van der Waals surface area contributed by atoms with Crippen LogP contribution in [0.2, 0.25) is 0 Å². The number of carbonyl (C=O) groups is 1. The molecule has 0 aliphatic heterocycles. The maximum atomic E-state index is 12.6. The molecule has 7 heteroatoms. The van der Waals surface area contributed by atoms with Crippen molar-refractivity contribution in [1.82, 2.24) is 0 Å². The molecule has 0 saturated carbocycles. The first-order valence-corrected chi connectivity index (χ1v) is 5.13. The van der Waals surface area contributed by atoms with E-state index in [4.69, 9.17) is 0 Å². The molecule has 0 saturated heterocycles. The second-order valence-corrected chi connectivity index (χ2v) is 4.18. The van der Waals surface area contributed by atoms with Gasteiger partial charge in [0.2, 0.25) is 0 Å².